The van der Waals surface area contributed by atoms with Crippen molar-refractivity contribution in [3.8, 4) is 0 Å². The van der Waals surface area contributed by atoms with Gasteiger partial charge in [-0.15, -0.1) is 11.3 Å². The van der Waals surface area contributed by atoms with Gasteiger partial charge in [0.2, 0.25) is 0 Å². The average Bonchev–Trinajstić information content (AvgIpc) is 3.15. The first kappa shape index (κ1) is 12.2. The summed E-state index contributed by atoms with van der Waals surface area (Å²) in [5.41, 5.74) is 7.13. The summed E-state index contributed by atoms with van der Waals surface area (Å²) >= 11 is 1.80. The summed E-state index contributed by atoms with van der Waals surface area (Å²) in [6, 6.07) is 8.50. The molecule has 2 N–H and O–H groups in total. The zero-order valence-electron chi connectivity index (χ0n) is 10.5. The summed E-state index contributed by atoms with van der Waals surface area (Å²) in [7, 11) is 0. The van der Waals surface area contributed by atoms with Crippen molar-refractivity contribution in [3.05, 3.63) is 34.7 Å². The Morgan fingerprint density at radius 3 is 2.89 bits per heavy atom. The van der Waals surface area contributed by atoms with Gasteiger partial charge < -0.3 is 10.5 Å². The van der Waals surface area contributed by atoms with Crippen molar-refractivity contribution in [3.63, 3.8) is 0 Å². The maximum absolute atomic E-state index is 5.83. The summed E-state index contributed by atoms with van der Waals surface area (Å²) in [5.74, 6) is 0.943. The lowest BCUT2D eigenvalue weighted by Crippen LogP contribution is -2.01. The highest BCUT2D eigenvalue weighted by atomic mass is 32.1. The van der Waals surface area contributed by atoms with Crippen LogP contribution in [-0.2, 0) is 17.9 Å². The third-order valence-electron chi connectivity index (χ3n) is 3.58. The highest BCUT2D eigenvalue weighted by molar-refractivity contribution is 7.19. The highest BCUT2D eigenvalue weighted by Crippen LogP contribution is 2.33. The predicted octanol–water partition coefficient (Wildman–Crippen LogP) is 3.68. The fourth-order valence-electron chi connectivity index (χ4n) is 2.30. The summed E-state index contributed by atoms with van der Waals surface area (Å²) in [6.45, 7) is 2.21. The van der Waals surface area contributed by atoms with Crippen LogP contribution < -0.4 is 5.73 Å². The van der Waals surface area contributed by atoms with Gasteiger partial charge in [-0.3, -0.25) is 0 Å². The van der Waals surface area contributed by atoms with E-state index in [4.69, 9.17) is 10.5 Å². The van der Waals surface area contributed by atoms with E-state index < -0.39 is 0 Å². The molecule has 3 heteroatoms. The molecule has 1 aliphatic rings. The first-order chi connectivity index (χ1) is 8.88. The van der Waals surface area contributed by atoms with Gasteiger partial charge in [-0.2, -0.15) is 0 Å². The van der Waals surface area contributed by atoms with Crippen LogP contribution in [0.3, 0.4) is 0 Å². The minimum Gasteiger partial charge on any atom is -0.377 e. The van der Waals surface area contributed by atoms with Gasteiger partial charge >= 0.3 is 0 Å². The number of hydrogen-bond donors (Lipinski definition) is 1. The fraction of sp³-hybridized carbons (Fsp3) is 0.467. The Hall–Kier alpha value is -0.900. The van der Waals surface area contributed by atoms with E-state index in [0.717, 1.165) is 12.5 Å². The van der Waals surface area contributed by atoms with E-state index >= 15 is 0 Å². The van der Waals surface area contributed by atoms with Gasteiger partial charge in [0.15, 0.2) is 0 Å². The molecule has 0 atom stereocenters. The number of rotatable bonds is 6. The SMILES string of the molecule is NCc1sc2ccccc2c1COCCC1CC1. The molecule has 1 aliphatic carbocycles. The van der Waals surface area contributed by atoms with Crippen molar-refractivity contribution in [2.45, 2.75) is 32.4 Å². The van der Waals surface area contributed by atoms with E-state index in [2.05, 4.69) is 24.3 Å². The minimum absolute atomic E-state index is 0.612. The average molecular weight is 261 g/mol. The van der Waals surface area contributed by atoms with Crippen LogP contribution in [0.1, 0.15) is 29.7 Å². The van der Waals surface area contributed by atoms with Crippen LogP contribution in [0.25, 0.3) is 10.1 Å². The first-order valence-electron chi connectivity index (χ1n) is 6.65. The molecule has 0 bridgehead atoms. The molecule has 0 saturated heterocycles. The largest absolute Gasteiger partial charge is 0.377 e. The Morgan fingerprint density at radius 1 is 1.28 bits per heavy atom. The van der Waals surface area contributed by atoms with E-state index in [1.54, 1.807) is 11.3 Å². The Bertz CT molecular complexity index is 530. The second kappa shape index (κ2) is 5.39. The maximum atomic E-state index is 5.83. The number of benzene rings is 1. The number of nitrogens with two attached hydrogens (primary N) is 1. The molecular formula is C15H19NOS. The molecule has 3 rings (SSSR count). The number of thiophene rings is 1. The van der Waals surface area contributed by atoms with Gasteiger partial charge in [-0.1, -0.05) is 31.0 Å². The molecule has 1 aromatic heterocycles. The number of hydrogen-bond acceptors (Lipinski definition) is 3. The Labute approximate surface area is 112 Å². The van der Waals surface area contributed by atoms with Crippen LogP contribution in [0, 0.1) is 5.92 Å². The lowest BCUT2D eigenvalue weighted by atomic mass is 10.1. The lowest BCUT2D eigenvalue weighted by molar-refractivity contribution is 0.115. The molecule has 96 valence electrons. The number of ether oxygens (including phenoxy) is 1. The monoisotopic (exact) mass is 261 g/mol. The van der Waals surface area contributed by atoms with Crippen LogP contribution >= 0.6 is 11.3 Å². The van der Waals surface area contributed by atoms with E-state index in [0.29, 0.717) is 13.2 Å². The molecule has 1 fully saturated rings. The molecule has 2 nitrogen and oxygen atoms in total. The summed E-state index contributed by atoms with van der Waals surface area (Å²) in [5, 5.41) is 1.31. The summed E-state index contributed by atoms with van der Waals surface area (Å²) in [4.78, 5) is 1.27. The highest BCUT2D eigenvalue weighted by Gasteiger charge is 2.20. The van der Waals surface area contributed by atoms with Crippen LogP contribution in [-0.4, -0.2) is 6.61 Å². The van der Waals surface area contributed by atoms with E-state index in [1.165, 1.54) is 39.8 Å². The second-order valence-corrected chi connectivity index (χ2v) is 6.13. The Morgan fingerprint density at radius 2 is 2.11 bits per heavy atom. The fourth-order valence-corrected chi connectivity index (χ4v) is 3.39. The zero-order chi connectivity index (χ0) is 12.4. The predicted molar refractivity (Wildman–Crippen MR) is 76.7 cm³/mol. The van der Waals surface area contributed by atoms with Crippen molar-refractivity contribution in [1.82, 2.24) is 0 Å². The van der Waals surface area contributed by atoms with Crippen LogP contribution in [0.5, 0.6) is 0 Å². The molecule has 0 amide bonds. The summed E-state index contributed by atoms with van der Waals surface area (Å²) < 4.78 is 7.15. The molecule has 0 spiro atoms. The van der Waals surface area contributed by atoms with E-state index in [-0.39, 0.29) is 0 Å². The molecule has 1 aromatic carbocycles. The molecule has 0 aliphatic heterocycles. The minimum atomic E-state index is 0.612. The van der Waals surface area contributed by atoms with E-state index in [1.807, 2.05) is 0 Å². The second-order valence-electron chi connectivity index (χ2n) is 4.99. The maximum Gasteiger partial charge on any atom is 0.0734 e. The molecule has 0 radical (unpaired) electrons. The third kappa shape index (κ3) is 2.58. The van der Waals surface area contributed by atoms with Crippen molar-refractivity contribution in [1.29, 1.82) is 0 Å². The van der Waals surface area contributed by atoms with Gasteiger partial charge in [0, 0.05) is 28.3 Å². The topological polar surface area (TPSA) is 35.2 Å². The third-order valence-corrected chi connectivity index (χ3v) is 4.82. The van der Waals surface area contributed by atoms with E-state index in [9.17, 15) is 0 Å². The normalized spacial score (nSPS) is 15.4. The Balaban J connectivity index is 1.71. The van der Waals surface area contributed by atoms with Crippen LogP contribution in [0.15, 0.2) is 24.3 Å². The molecule has 1 saturated carbocycles. The van der Waals surface area contributed by atoms with Crippen molar-refractivity contribution in [2.24, 2.45) is 11.7 Å². The van der Waals surface area contributed by atoms with Gasteiger partial charge in [-0.25, -0.2) is 0 Å². The lowest BCUT2D eigenvalue weighted by Gasteiger charge is -2.05. The summed E-state index contributed by atoms with van der Waals surface area (Å²) in [6.07, 6.45) is 4.03. The molecular weight excluding hydrogens is 242 g/mol. The van der Waals surface area contributed by atoms with Gasteiger partial charge in [0.1, 0.15) is 0 Å². The quantitative estimate of drug-likeness (QED) is 0.805. The molecule has 0 unspecified atom stereocenters. The molecule has 2 aromatic rings. The zero-order valence-corrected chi connectivity index (χ0v) is 11.3. The van der Waals surface area contributed by atoms with Crippen LogP contribution in [0.2, 0.25) is 0 Å². The van der Waals surface area contributed by atoms with Crippen molar-refractivity contribution >= 4 is 21.4 Å². The smallest absolute Gasteiger partial charge is 0.0734 e. The number of fused-ring (bicyclic) bond motifs is 1. The van der Waals surface area contributed by atoms with Crippen molar-refractivity contribution in [2.75, 3.05) is 6.61 Å². The Kier molecular flexibility index (Phi) is 3.64. The van der Waals surface area contributed by atoms with Gasteiger partial charge in [0.25, 0.3) is 0 Å². The van der Waals surface area contributed by atoms with Crippen molar-refractivity contribution < 1.29 is 4.74 Å². The molecule has 1 heterocycles. The van der Waals surface area contributed by atoms with Gasteiger partial charge in [-0.05, 0) is 23.8 Å². The van der Waals surface area contributed by atoms with Gasteiger partial charge in [0.05, 0.1) is 6.61 Å². The molecule has 18 heavy (non-hydrogen) atoms. The first-order valence-corrected chi connectivity index (χ1v) is 7.47. The standard InChI is InChI=1S/C15H19NOS/c16-9-15-13(10-17-8-7-11-5-6-11)12-3-1-2-4-14(12)18-15/h1-4,11H,5-10,16H2. The van der Waals surface area contributed by atoms with Crippen LogP contribution in [0.4, 0.5) is 0 Å².